The van der Waals surface area contributed by atoms with Gasteiger partial charge in [-0.25, -0.2) is 4.39 Å². The summed E-state index contributed by atoms with van der Waals surface area (Å²) in [5.74, 6) is -0.873. The Morgan fingerprint density at radius 3 is 2.56 bits per heavy atom. The van der Waals surface area contributed by atoms with Crippen LogP contribution < -0.4 is 5.32 Å². The highest BCUT2D eigenvalue weighted by Crippen LogP contribution is 2.12. The van der Waals surface area contributed by atoms with Gasteiger partial charge in [0.05, 0.1) is 6.54 Å². The first kappa shape index (κ1) is 14.2. The maximum absolute atomic E-state index is 13.0. The molecule has 18 heavy (non-hydrogen) atoms. The highest BCUT2D eigenvalue weighted by Gasteiger charge is 2.18. The Balaban J connectivity index is 2.93. The van der Waals surface area contributed by atoms with E-state index in [0.717, 1.165) is 0 Å². The van der Waals surface area contributed by atoms with Gasteiger partial charge < -0.3 is 10.2 Å². The van der Waals surface area contributed by atoms with Crippen molar-refractivity contribution in [3.8, 4) is 0 Å². The van der Waals surface area contributed by atoms with E-state index in [9.17, 15) is 14.0 Å². The lowest BCUT2D eigenvalue weighted by molar-refractivity contribution is -0.121. The highest BCUT2D eigenvalue weighted by atomic mass is 19.1. The van der Waals surface area contributed by atoms with Crippen LogP contribution in [0.5, 0.6) is 0 Å². The van der Waals surface area contributed by atoms with E-state index in [1.807, 2.05) is 0 Å². The van der Waals surface area contributed by atoms with Crippen molar-refractivity contribution in [2.24, 2.45) is 0 Å². The topological polar surface area (TPSA) is 49.4 Å². The van der Waals surface area contributed by atoms with Crippen molar-refractivity contribution in [3.05, 3.63) is 35.1 Å². The van der Waals surface area contributed by atoms with Crippen molar-refractivity contribution >= 4 is 11.8 Å². The molecule has 1 N–H and O–H groups in total. The molecular weight excluding hydrogens is 235 g/mol. The van der Waals surface area contributed by atoms with Crippen LogP contribution in [0.25, 0.3) is 0 Å². The second kappa shape index (κ2) is 6.14. The Kier molecular flexibility index (Phi) is 4.83. The van der Waals surface area contributed by atoms with Gasteiger partial charge in [-0.15, -0.1) is 0 Å². The van der Waals surface area contributed by atoms with Crippen molar-refractivity contribution in [2.45, 2.75) is 13.8 Å². The molecule has 0 radical (unpaired) electrons. The number of rotatable bonds is 4. The Morgan fingerprint density at radius 1 is 1.39 bits per heavy atom. The van der Waals surface area contributed by atoms with Crippen LogP contribution in [0.15, 0.2) is 18.2 Å². The molecule has 5 heteroatoms. The van der Waals surface area contributed by atoms with Gasteiger partial charge in [0.15, 0.2) is 0 Å². The van der Waals surface area contributed by atoms with E-state index in [1.165, 1.54) is 30.1 Å². The second-order valence-electron chi connectivity index (χ2n) is 3.95. The number of carbonyl (C=O) groups excluding carboxylic acids is 2. The second-order valence-corrected chi connectivity index (χ2v) is 3.95. The zero-order valence-corrected chi connectivity index (χ0v) is 10.8. The largest absolute Gasteiger partial charge is 0.358 e. The molecule has 1 rings (SSSR count). The standard InChI is InChI=1S/C13H17FN2O2/c1-4-16(8-12(17)15-3)13(18)11-6-5-10(14)7-9(11)2/h5-7H,4,8H2,1-3H3,(H,15,17). The van der Waals surface area contributed by atoms with Gasteiger partial charge >= 0.3 is 0 Å². The number of hydrogen-bond acceptors (Lipinski definition) is 2. The minimum absolute atomic E-state index is 0.00263. The van der Waals surface area contributed by atoms with Crippen molar-refractivity contribution in [1.29, 1.82) is 0 Å². The third-order valence-electron chi connectivity index (χ3n) is 2.70. The van der Waals surface area contributed by atoms with Crippen molar-refractivity contribution in [2.75, 3.05) is 20.1 Å². The van der Waals surface area contributed by atoms with Crippen LogP contribution in [0.2, 0.25) is 0 Å². The molecule has 0 aliphatic heterocycles. The molecular formula is C13H17FN2O2. The number of nitrogens with zero attached hydrogens (tertiary/aromatic N) is 1. The predicted molar refractivity (Wildman–Crippen MR) is 66.8 cm³/mol. The van der Waals surface area contributed by atoms with Crippen molar-refractivity contribution < 1.29 is 14.0 Å². The Hall–Kier alpha value is -1.91. The van der Waals surface area contributed by atoms with Crippen LogP contribution in [0.4, 0.5) is 4.39 Å². The van der Waals surface area contributed by atoms with Crippen molar-refractivity contribution in [1.82, 2.24) is 10.2 Å². The fraction of sp³-hybridized carbons (Fsp3) is 0.385. The number of hydrogen-bond donors (Lipinski definition) is 1. The molecule has 2 amide bonds. The summed E-state index contributed by atoms with van der Waals surface area (Å²) in [6.07, 6.45) is 0. The molecule has 0 saturated heterocycles. The first-order valence-corrected chi connectivity index (χ1v) is 5.75. The minimum Gasteiger partial charge on any atom is -0.358 e. The summed E-state index contributed by atoms with van der Waals surface area (Å²) in [5, 5.41) is 2.47. The fourth-order valence-corrected chi connectivity index (χ4v) is 1.62. The van der Waals surface area contributed by atoms with Gasteiger partial charge in [0, 0.05) is 19.2 Å². The average molecular weight is 252 g/mol. The summed E-state index contributed by atoms with van der Waals surface area (Å²) in [7, 11) is 1.52. The number of carbonyl (C=O) groups is 2. The summed E-state index contributed by atoms with van der Waals surface area (Å²) in [5.41, 5.74) is 0.984. The summed E-state index contributed by atoms with van der Waals surface area (Å²) < 4.78 is 13.0. The number of halogens is 1. The smallest absolute Gasteiger partial charge is 0.254 e. The molecule has 0 unspecified atom stereocenters. The van der Waals surface area contributed by atoms with Gasteiger partial charge in [0.25, 0.3) is 5.91 Å². The van der Waals surface area contributed by atoms with Crippen LogP contribution in [0, 0.1) is 12.7 Å². The minimum atomic E-state index is -0.376. The van der Waals surface area contributed by atoms with E-state index in [2.05, 4.69) is 5.32 Å². The predicted octanol–water partition coefficient (Wildman–Crippen LogP) is 1.34. The summed E-state index contributed by atoms with van der Waals surface area (Å²) in [6, 6.07) is 3.99. The van der Waals surface area contributed by atoms with Gasteiger partial charge in [-0.2, -0.15) is 0 Å². The normalized spacial score (nSPS) is 10.0. The number of aryl methyl sites for hydroxylation is 1. The van der Waals surface area contributed by atoms with Crippen LogP contribution >= 0.6 is 0 Å². The van der Waals surface area contributed by atoms with Crippen molar-refractivity contribution in [3.63, 3.8) is 0 Å². The number of nitrogens with one attached hydrogen (secondary N) is 1. The quantitative estimate of drug-likeness (QED) is 0.879. The molecule has 4 nitrogen and oxygen atoms in total. The molecule has 0 fully saturated rings. The molecule has 0 heterocycles. The molecule has 0 bridgehead atoms. The molecule has 1 aromatic carbocycles. The van der Waals surface area contributed by atoms with Crippen LogP contribution in [-0.2, 0) is 4.79 Å². The number of benzene rings is 1. The van der Waals surface area contributed by atoms with E-state index >= 15 is 0 Å². The zero-order valence-electron chi connectivity index (χ0n) is 10.8. The van der Waals surface area contributed by atoms with E-state index in [0.29, 0.717) is 17.7 Å². The molecule has 98 valence electrons. The maximum Gasteiger partial charge on any atom is 0.254 e. The van der Waals surface area contributed by atoms with Gasteiger partial charge in [-0.1, -0.05) is 0 Å². The molecule has 0 saturated carbocycles. The molecule has 0 atom stereocenters. The average Bonchev–Trinajstić information content (AvgIpc) is 2.34. The lowest BCUT2D eigenvalue weighted by Crippen LogP contribution is -2.39. The monoisotopic (exact) mass is 252 g/mol. The van der Waals surface area contributed by atoms with Gasteiger partial charge in [-0.05, 0) is 37.6 Å². The Labute approximate surface area is 106 Å². The Bertz CT molecular complexity index is 460. The first-order chi connectivity index (χ1) is 8.49. The van der Waals surface area contributed by atoms with E-state index in [4.69, 9.17) is 0 Å². The summed E-state index contributed by atoms with van der Waals surface area (Å²) in [6.45, 7) is 3.88. The van der Waals surface area contributed by atoms with E-state index in [1.54, 1.807) is 13.8 Å². The third-order valence-corrected chi connectivity index (χ3v) is 2.70. The van der Waals surface area contributed by atoms with Gasteiger partial charge in [0.2, 0.25) is 5.91 Å². The maximum atomic E-state index is 13.0. The van der Waals surface area contributed by atoms with Gasteiger partial charge in [0.1, 0.15) is 5.82 Å². The SMILES string of the molecule is CCN(CC(=O)NC)C(=O)c1ccc(F)cc1C. The Morgan fingerprint density at radius 2 is 2.06 bits per heavy atom. The molecule has 0 spiro atoms. The van der Waals surface area contributed by atoms with Crippen LogP contribution in [0.3, 0.4) is 0 Å². The van der Waals surface area contributed by atoms with E-state index < -0.39 is 0 Å². The molecule has 1 aromatic rings. The van der Waals surface area contributed by atoms with Gasteiger partial charge in [-0.3, -0.25) is 9.59 Å². The zero-order chi connectivity index (χ0) is 13.7. The molecule has 0 aromatic heterocycles. The lowest BCUT2D eigenvalue weighted by atomic mass is 10.1. The summed E-state index contributed by atoms with van der Waals surface area (Å²) in [4.78, 5) is 24.9. The lowest BCUT2D eigenvalue weighted by Gasteiger charge is -2.20. The summed E-state index contributed by atoms with van der Waals surface area (Å²) >= 11 is 0. The fourth-order valence-electron chi connectivity index (χ4n) is 1.62. The molecule has 0 aliphatic rings. The highest BCUT2D eigenvalue weighted by molar-refractivity contribution is 5.97. The van der Waals surface area contributed by atoms with E-state index in [-0.39, 0.29) is 24.2 Å². The number of amides is 2. The number of likely N-dealkylation sites (N-methyl/N-ethyl adjacent to an activating group) is 2. The van der Waals surface area contributed by atoms with Crippen LogP contribution in [0.1, 0.15) is 22.8 Å². The van der Waals surface area contributed by atoms with Crippen LogP contribution in [-0.4, -0.2) is 36.9 Å². The third kappa shape index (κ3) is 3.29. The molecule has 0 aliphatic carbocycles. The first-order valence-electron chi connectivity index (χ1n) is 5.75.